The second-order valence-corrected chi connectivity index (χ2v) is 6.02. The molecule has 0 aromatic heterocycles. The van der Waals surface area contributed by atoms with Crippen molar-refractivity contribution in [2.24, 2.45) is 4.99 Å². The van der Waals surface area contributed by atoms with Gasteiger partial charge in [0.2, 0.25) is 6.08 Å². The number of hydrogen-bond donors (Lipinski definition) is 0. The zero-order chi connectivity index (χ0) is 14.1. The van der Waals surface area contributed by atoms with E-state index in [1.807, 2.05) is 0 Å². The van der Waals surface area contributed by atoms with E-state index in [4.69, 9.17) is 11.6 Å². The first-order valence-corrected chi connectivity index (χ1v) is 6.85. The van der Waals surface area contributed by atoms with Crippen molar-refractivity contribution in [2.75, 3.05) is 0 Å². The van der Waals surface area contributed by atoms with Crippen LogP contribution >= 0.6 is 11.6 Å². The van der Waals surface area contributed by atoms with Crippen molar-refractivity contribution in [3.63, 3.8) is 0 Å². The molecule has 0 saturated heterocycles. The summed E-state index contributed by atoms with van der Waals surface area (Å²) in [5, 5.41) is 0.476. The van der Waals surface area contributed by atoms with Crippen molar-refractivity contribution < 1.29 is 9.18 Å². The second kappa shape index (κ2) is 5.07. The van der Waals surface area contributed by atoms with Gasteiger partial charge in [0.05, 0.1) is 5.54 Å². The Balaban J connectivity index is 2.48. The van der Waals surface area contributed by atoms with E-state index in [-0.39, 0.29) is 0 Å². The summed E-state index contributed by atoms with van der Waals surface area (Å²) in [5.74, 6) is 0. The average Bonchev–Trinajstić information content (AvgIpc) is 2.77. The smallest absolute Gasteiger partial charge is 0.235 e. The lowest BCUT2D eigenvalue weighted by Gasteiger charge is -2.25. The molecule has 1 aliphatic carbocycles. The van der Waals surface area contributed by atoms with Crippen LogP contribution in [0.15, 0.2) is 23.2 Å². The van der Waals surface area contributed by atoms with Crippen molar-refractivity contribution in [1.82, 2.24) is 0 Å². The Morgan fingerprint density at radius 2 is 2.00 bits per heavy atom. The van der Waals surface area contributed by atoms with Crippen LogP contribution in [0.5, 0.6) is 0 Å². The maximum atomic E-state index is 13.9. The number of benzene rings is 1. The third kappa shape index (κ3) is 2.72. The fourth-order valence-electron chi connectivity index (χ4n) is 2.75. The molecule has 0 unspecified atom stereocenters. The van der Waals surface area contributed by atoms with Crippen LogP contribution in [0.25, 0.3) is 0 Å². The van der Waals surface area contributed by atoms with E-state index in [0.717, 1.165) is 31.2 Å². The SMILES string of the molecule is CC(C)(F)c1ccc(C2(N=C=O)CCCC2)c(Cl)c1. The van der Waals surface area contributed by atoms with Crippen LogP contribution in [-0.2, 0) is 16.0 Å². The maximum absolute atomic E-state index is 13.9. The number of alkyl halides is 1. The monoisotopic (exact) mass is 281 g/mol. The number of carbonyl (C=O) groups excluding carboxylic acids is 1. The topological polar surface area (TPSA) is 29.4 Å². The van der Waals surface area contributed by atoms with Gasteiger partial charge in [0.25, 0.3) is 0 Å². The predicted molar refractivity (Wildman–Crippen MR) is 73.9 cm³/mol. The van der Waals surface area contributed by atoms with E-state index in [1.54, 1.807) is 24.3 Å². The first-order valence-electron chi connectivity index (χ1n) is 6.47. The van der Waals surface area contributed by atoms with Gasteiger partial charge in [-0.25, -0.2) is 9.18 Å². The van der Waals surface area contributed by atoms with Gasteiger partial charge in [-0.3, -0.25) is 0 Å². The first kappa shape index (κ1) is 14.2. The van der Waals surface area contributed by atoms with Crippen molar-refractivity contribution in [2.45, 2.75) is 50.7 Å². The van der Waals surface area contributed by atoms with Crippen molar-refractivity contribution >= 4 is 17.7 Å². The van der Waals surface area contributed by atoms with Gasteiger partial charge in [-0.05, 0) is 43.9 Å². The highest BCUT2D eigenvalue weighted by Crippen LogP contribution is 2.45. The standard InChI is InChI=1S/C15H17ClFNO/c1-14(2,17)11-5-6-12(13(16)9-11)15(18-10-19)7-3-4-8-15/h5-6,9H,3-4,7-8H2,1-2H3. The third-order valence-corrected chi connectivity index (χ3v) is 4.16. The van der Waals surface area contributed by atoms with E-state index in [1.165, 1.54) is 13.8 Å². The molecule has 0 heterocycles. The third-order valence-electron chi connectivity index (χ3n) is 3.85. The molecule has 1 aliphatic rings. The van der Waals surface area contributed by atoms with Gasteiger partial charge in [0.1, 0.15) is 5.67 Å². The highest BCUT2D eigenvalue weighted by atomic mass is 35.5. The molecule has 0 atom stereocenters. The Kier molecular flexibility index (Phi) is 3.80. The summed E-state index contributed by atoms with van der Waals surface area (Å²) in [4.78, 5) is 14.7. The maximum Gasteiger partial charge on any atom is 0.235 e. The molecule has 0 radical (unpaired) electrons. The quantitative estimate of drug-likeness (QED) is 0.586. The number of isocyanates is 1. The molecular weight excluding hydrogens is 265 g/mol. The van der Waals surface area contributed by atoms with Crippen molar-refractivity contribution in [3.05, 3.63) is 34.3 Å². The van der Waals surface area contributed by atoms with Crippen LogP contribution in [0.3, 0.4) is 0 Å². The fraction of sp³-hybridized carbons (Fsp3) is 0.533. The van der Waals surface area contributed by atoms with Crippen LogP contribution in [0, 0.1) is 0 Å². The van der Waals surface area contributed by atoms with E-state index >= 15 is 0 Å². The molecule has 0 aliphatic heterocycles. The molecule has 1 fully saturated rings. The fourth-order valence-corrected chi connectivity index (χ4v) is 3.11. The van der Waals surface area contributed by atoms with Crippen molar-refractivity contribution in [3.8, 4) is 0 Å². The Morgan fingerprint density at radius 1 is 1.37 bits per heavy atom. The van der Waals surface area contributed by atoms with Gasteiger partial charge < -0.3 is 0 Å². The number of rotatable bonds is 3. The Morgan fingerprint density at radius 3 is 2.47 bits per heavy atom. The van der Waals surface area contributed by atoms with Crippen LogP contribution in [0.4, 0.5) is 4.39 Å². The zero-order valence-electron chi connectivity index (χ0n) is 11.2. The zero-order valence-corrected chi connectivity index (χ0v) is 11.9. The van der Waals surface area contributed by atoms with E-state index in [9.17, 15) is 9.18 Å². The summed E-state index contributed by atoms with van der Waals surface area (Å²) in [7, 11) is 0. The lowest BCUT2D eigenvalue weighted by molar-refractivity contribution is 0.221. The largest absolute Gasteiger partial charge is 0.239 e. The van der Waals surface area contributed by atoms with E-state index < -0.39 is 11.2 Å². The first-order chi connectivity index (χ1) is 8.89. The van der Waals surface area contributed by atoms with Gasteiger partial charge in [0, 0.05) is 5.02 Å². The van der Waals surface area contributed by atoms with Gasteiger partial charge in [-0.2, -0.15) is 4.99 Å². The van der Waals surface area contributed by atoms with E-state index in [0.29, 0.717) is 10.6 Å². The molecule has 19 heavy (non-hydrogen) atoms. The molecule has 2 rings (SSSR count). The summed E-state index contributed by atoms with van der Waals surface area (Å²) in [5.41, 5.74) is -0.649. The molecule has 0 bridgehead atoms. The van der Waals surface area contributed by atoms with Gasteiger partial charge >= 0.3 is 0 Å². The van der Waals surface area contributed by atoms with Gasteiger partial charge in [-0.15, -0.1) is 0 Å². The summed E-state index contributed by atoms with van der Waals surface area (Å²) in [6.45, 7) is 2.99. The van der Waals surface area contributed by atoms with Crippen LogP contribution in [0.2, 0.25) is 5.02 Å². The molecule has 1 aromatic carbocycles. The molecule has 4 heteroatoms. The molecular formula is C15H17ClFNO. The molecule has 1 saturated carbocycles. The minimum Gasteiger partial charge on any atom is -0.239 e. The predicted octanol–water partition coefficient (Wildman–Crippen LogP) is 4.65. The van der Waals surface area contributed by atoms with Crippen LogP contribution < -0.4 is 0 Å². The Labute approximate surface area is 117 Å². The second-order valence-electron chi connectivity index (χ2n) is 5.61. The minimum absolute atomic E-state index is 0.476. The van der Waals surface area contributed by atoms with Gasteiger partial charge in [0.15, 0.2) is 0 Å². The number of halogens is 2. The van der Waals surface area contributed by atoms with Crippen molar-refractivity contribution in [1.29, 1.82) is 0 Å². The highest BCUT2D eigenvalue weighted by molar-refractivity contribution is 6.31. The summed E-state index contributed by atoms with van der Waals surface area (Å²) >= 11 is 6.28. The lowest BCUT2D eigenvalue weighted by atomic mass is 9.87. The normalized spacial score (nSPS) is 18.1. The number of nitrogens with zero attached hydrogens (tertiary/aromatic N) is 1. The minimum atomic E-state index is -1.43. The summed E-state index contributed by atoms with van der Waals surface area (Å²) in [6, 6.07) is 5.16. The van der Waals surface area contributed by atoms with E-state index in [2.05, 4.69) is 4.99 Å². The molecule has 1 aromatic rings. The average molecular weight is 282 g/mol. The Hall–Kier alpha value is -1.18. The molecule has 2 nitrogen and oxygen atoms in total. The molecule has 102 valence electrons. The summed E-state index contributed by atoms with van der Waals surface area (Å²) < 4.78 is 13.9. The van der Waals surface area contributed by atoms with Gasteiger partial charge in [-0.1, -0.05) is 36.6 Å². The molecule has 0 N–H and O–H groups in total. The lowest BCUT2D eigenvalue weighted by Crippen LogP contribution is -2.20. The van der Waals surface area contributed by atoms with Crippen LogP contribution in [-0.4, -0.2) is 6.08 Å². The van der Waals surface area contributed by atoms with Crippen LogP contribution in [0.1, 0.15) is 50.7 Å². The summed E-state index contributed by atoms with van der Waals surface area (Å²) in [6.07, 6.45) is 5.27. The molecule has 0 amide bonds. The highest BCUT2D eigenvalue weighted by Gasteiger charge is 2.37. The number of hydrogen-bond acceptors (Lipinski definition) is 2. The molecule has 0 spiro atoms. The Bertz CT molecular complexity index is 523. The number of aliphatic imine (C=N–C) groups is 1.